The molecule has 0 atom stereocenters. The number of nitrogens with one attached hydrogen (secondary N) is 2. The van der Waals surface area contributed by atoms with Gasteiger partial charge >= 0.3 is 6.18 Å². The van der Waals surface area contributed by atoms with E-state index < -0.39 is 33.5 Å². The number of benzene rings is 1. The van der Waals surface area contributed by atoms with Crippen LogP contribution in [0.5, 0.6) is 0 Å². The van der Waals surface area contributed by atoms with Crippen molar-refractivity contribution < 1.29 is 26.4 Å². The summed E-state index contributed by atoms with van der Waals surface area (Å²) >= 11 is 0. The highest BCUT2D eigenvalue weighted by atomic mass is 32.2. The van der Waals surface area contributed by atoms with Gasteiger partial charge in [0.2, 0.25) is 10.0 Å². The van der Waals surface area contributed by atoms with Crippen molar-refractivity contribution in [3.8, 4) is 0 Å². The van der Waals surface area contributed by atoms with E-state index in [2.05, 4.69) is 15.3 Å². The van der Waals surface area contributed by atoms with Gasteiger partial charge in [0.1, 0.15) is 12.9 Å². The number of hydrogen-bond acceptors (Lipinski definition) is 5. The Kier molecular flexibility index (Phi) is 5.69. The number of hydrogen-bond donors (Lipinski definition) is 2. The molecule has 0 fully saturated rings. The zero-order chi connectivity index (χ0) is 18.5. The molecule has 0 aliphatic heterocycles. The van der Waals surface area contributed by atoms with Crippen molar-refractivity contribution in [3.63, 3.8) is 0 Å². The molecule has 0 saturated carbocycles. The van der Waals surface area contributed by atoms with Crippen LogP contribution in [-0.4, -0.2) is 37.0 Å². The first-order valence-electron chi connectivity index (χ1n) is 6.87. The van der Waals surface area contributed by atoms with Gasteiger partial charge < -0.3 is 5.32 Å². The fourth-order valence-electron chi connectivity index (χ4n) is 1.76. The van der Waals surface area contributed by atoms with Gasteiger partial charge in [-0.1, -0.05) is 6.07 Å². The number of halogens is 3. The van der Waals surface area contributed by atoms with E-state index in [1.54, 1.807) is 6.07 Å². The number of aromatic nitrogens is 2. The third kappa shape index (κ3) is 5.80. The topological polar surface area (TPSA) is 101 Å². The molecule has 11 heteroatoms. The highest BCUT2D eigenvalue weighted by Crippen LogP contribution is 2.16. The van der Waals surface area contributed by atoms with E-state index in [1.807, 2.05) is 0 Å². The Morgan fingerprint density at radius 3 is 2.60 bits per heavy atom. The Morgan fingerprint density at radius 2 is 1.96 bits per heavy atom. The molecule has 0 spiro atoms. The Labute approximate surface area is 141 Å². The van der Waals surface area contributed by atoms with Gasteiger partial charge in [0.15, 0.2) is 0 Å². The van der Waals surface area contributed by atoms with E-state index in [-0.39, 0.29) is 12.1 Å². The van der Waals surface area contributed by atoms with E-state index in [1.165, 1.54) is 29.4 Å². The molecule has 134 valence electrons. The SMILES string of the molecule is O=C(NCc1ccncn1)c1cccc(S(=O)(=O)NCC(F)(F)F)c1. The number of amides is 1. The molecule has 0 radical (unpaired) electrons. The van der Waals surface area contributed by atoms with Crippen molar-refractivity contribution in [2.45, 2.75) is 17.6 Å². The largest absolute Gasteiger partial charge is 0.402 e. The first-order valence-corrected chi connectivity index (χ1v) is 8.35. The molecule has 2 N–H and O–H groups in total. The maximum Gasteiger partial charge on any atom is 0.402 e. The third-order valence-electron chi connectivity index (χ3n) is 2.94. The van der Waals surface area contributed by atoms with Crippen LogP contribution in [-0.2, 0) is 16.6 Å². The van der Waals surface area contributed by atoms with Crippen LogP contribution >= 0.6 is 0 Å². The second-order valence-electron chi connectivity index (χ2n) is 4.85. The van der Waals surface area contributed by atoms with Gasteiger partial charge in [-0.25, -0.2) is 23.1 Å². The Hall–Kier alpha value is -2.53. The zero-order valence-electron chi connectivity index (χ0n) is 12.6. The summed E-state index contributed by atoms with van der Waals surface area (Å²) in [5.41, 5.74) is 0.530. The van der Waals surface area contributed by atoms with Crippen LogP contribution in [0.25, 0.3) is 0 Å². The number of nitrogens with zero attached hydrogens (tertiary/aromatic N) is 2. The zero-order valence-corrected chi connectivity index (χ0v) is 13.4. The minimum Gasteiger partial charge on any atom is -0.346 e. The number of rotatable bonds is 6. The quantitative estimate of drug-likeness (QED) is 0.793. The average molecular weight is 374 g/mol. The van der Waals surface area contributed by atoms with Gasteiger partial charge in [-0.3, -0.25) is 4.79 Å². The van der Waals surface area contributed by atoms with Crippen LogP contribution < -0.4 is 10.0 Å². The first kappa shape index (κ1) is 18.8. The van der Waals surface area contributed by atoms with E-state index in [0.717, 1.165) is 12.1 Å². The Morgan fingerprint density at radius 1 is 1.20 bits per heavy atom. The van der Waals surface area contributed by atoms with Crippen LogP contribution in [0.1, 0.15) is 16.1 Å². The summed E-state index contributed by atoms with van der Waals surface area (Å²) in [4.78, 5) is 19.3. The smallest absolute Gasteiger partial charge is 0.346 e. The van der Waals surface area contributed by atoms with Gasteiger partial charge in [-0.15, -0.1) is 0 Å². The molecule has 0 aliphatic carbocycles. The minimum atomic E-state index is -4.68. The molecule has 0 aliphatic rings. The molecule has 25 heavy (non-hydrogen) atoms. The maximum absolute atomic E-state index is 12.2. The van der Waals surface area contributed by atoms with Crippen LogP contribution in [0.3, 0.4) is 0 Å². The molecular weight excluding hydrogens is 361 g/mol. The lowest BCUT2D eigenvalue weighted by atomic mass is 10.2. The van der Waals surface area contributed by atoms with Crippen LogP contribution in [0, 0.1) is 0 Å². The predicted octanol–water partition coefficient (Wildman–Crippen LogP) is 1.25. The Bertz CT molecular complexity index is 842. The summed E-state index contributed by atoms with van der Waals surface area (Å²) in [6.07, 6.45) is -1.88. The van der Waals surface area contributed by atoms with Gasteiger partial charge in [0, 0.05) is 11.8 Å². The molecule has 1 heterocycles. The molecule has 2 rings (SSSR count). The number of carbonyl (C=O) groups is 1. The number of alkyl halides is 3. The molecule has 7 nitrogen and oxygen atoms in total. The molecule has 2 aromatic rings. The van der Waals surface area contributed by atoms with Gasteiger partial charge in [0.05, 0.1) is 17.1 Å². The molecule has 1 aromatic heterocycles. The molecule has 1 aromatic carbocycles. The van der Waals surface area contributed by atoms with E-state index in [9.17, 15) is 26.4 Å². The van der Waals surface area contributed by atoms with Crippen LogP contribution in [0.2, 0.25) is 0 Å². The minimum absolute atomic E-state index is 0.0102. The number of carbonyl (C=O) groups excluding carboxylic acids is 1. The second kappa shape index (κ2) is 7.57. The molecule has 0 unspecified atom stereocenters. The summed E-state index contributed by atoms with van der Waals surface area (Å²) in [5, 5.41) is 2.53. The molecule has 0 bridgehead atoms. The second-order valence-corrected chi connectivity index (χ2v) is 6.62. The normalized spacial score (nSPS) is 12.0. The summed E-state index contributed by atoms with van der Waals surface area (Å²) in [7, 11) is -4.39. The van der Waals surface area contributed by atoms with E-state index >= 15 is 0 Å². The lowest BCUT2D eigenvalue weighted by Crippen LogP contribution is -2.34. The highest BCUT2D eigenvalue weighted by molar-refractivity contribution is 7.89. The predicted molar refractivity (Wildman–Crippen MR) is 80.9 cm³/mol. The highest BCUT2D eigenvalue weighted by Gasteiger charge is 2.30. The van der Waals surface area contributed by atoms with Crippen molar-refractivity contribution in [2.24, 2.45) is 0 Å². The summed E-state index contributed by atoms with van der Waals surface area (Å²) in [6, 6.07) is 6.29. The molecule has 0 saturated heterocycles. The van der Waals surface area contributed by atoms with Crippen molar-refractivity contribution in [3.05, 3.63) is 54.1 Å². The van der Waals surface area contributed by atoms with Gasteiger partial charge in [0.25, 0.3) is 5.91 Å². The van der Waals surface area contributed by atoms with Crippen LogP contribution in [0.4, 0.5) is 13.2 Å². The van der Waals surface area contributed by atoms with Crippen molar-refractivity contribution >= 4 is 15.9 Å². The summed E-state index contributed by atoms with van der Waals surface area (Å²) < 4.78 is 61.7. The third-order valence-corrected chi connectivity index (χ3v) is 4.34. The number of sulfonamides is 1. The van der Waals surface area contributed by atoms with Gasteiger partial charge in [-0.05, 0) is 24.3 Å². The average Bonchev–Trinajstić information content (AvgIpc) is 2.58. The van der Waals surface area contributed by atoms with Crippen LogP contribution in [0.15, 0.2) is 47.8 Å². The van der Waals surface area contributed by atoms with Gasteiger partial charge in [-0.2, -0.15) is 13.2 Å². The summed E-state index contributed by atoms with van der Waals surface area (Å²) in [5.74, 6) is -0.591. The summed E-state index contributed by atoms with van der Waals surface area (Å²) in [6.45, 7) is -1.61. The molecule has 1 amide bonds. The van der Waals surface area contributed by atoms with E-state index in [0.29, 0.717) is 5.69 Å². The molecular formula is C14H13F3N4O3S. The Balaban J connectivity index is 2.08. The lowest BCUT2D eigenvalue weighted by Gasteiger charge is -2.10. The fraction of sp³-hybridized carbons (Fsp3) is 0.214. The van der Waals surface area contributed by atoms with Crippen molar-refractivity contribution in [2.75, 3.05) is 6.54 Å². The maximum atomic E-state index is 12.2. The lowest BCUT2D eigenvalue weighted by molar-refractivity contribution is -0.121. The first-order chi connectivity index (χ1) is 11.7. The standard InChI is InChI=1S/C14H13F3N4O3S/c15-14(16,17)8-21-25(23,24)12-3-1-2-10(6-12)13(22)19-7-11-4-5-18-9-20-11/h1-6,9,21H,7-8H2,(H,19,22). The van der Waals surface area contributed by atoms with Crippen molar-refractivity contribution in [1.29, 1.82) is 0 Å². The monoisotopic (exact) mass is 374 g/mol. The van der Waals surface area contributed by atoms with Crippen molar-refractivity contribution in [1.82, 2.24) is 20.0 Å². The van der Waals surface area contributed by atoms with E-state index in [4.69, 9.17) is 0 Å². The fourth-order valence-corrected chi connectivity index (χ4v) is 2.82.